The zero-order valence-electron chi connectivity index (χ0n) is 8.73. The molecule has 0 spiro atoms. The molecule has 0 unspecified atom stereocenters. The van der Waals surface area contributed by atoms with Crippen molar-refractivity contribution in [1.82, 2.24) is 0 Å². The van der Waals surface area contributed by atoms with Crippen molar-refractivity contribution in [3.05, 3.63) is 64.7 Å². The summed E-state index contributed by atoms with van der Waals surface area (Å²) in [5.74, 6) is 0. The van der Waals surface area contributed by atoms with Crippen molar-refractivity contribution in [1.29, 1.82) is 0 Å². The lowest BCUT2D eigenvalue weighted by Crippen LogP contribution is -1.85. The SMILES string of the molecule is Nc1ccc(Cl)c(/C=C/c2ccccc2)c1. The van der Waals surface area contributed by atoms with Crippen LogP contribution in [0.25, 0.3) is 12.2 Å². The third kappa shape index (κ3) is 2.65. The second kappa shape index (κ2) is 4.86. The Morgan fingerprint density at radius 1 is 0.938 bits per heavy atom. The maximum Gasteiger partial charge on any atom is 0.0479 e. The van der Waals surface area contributed by atoms with Gasteiger partial charge in [-0.15, -0.1) is 0 Å². The Morgan fingerprint density at radius 2 is 1.69 bits per heavy atom. The van der Waals surface area contributed by atoms with Crippen LogP contribution in [0, 0.1) is 0 Å². The zero-order chi connectivity index (χ0) is 11.4. The predicted octanol–water partition coefficient (Wildman–Crippen LogP) is 4.09. The van der Waals surface area contributed by atoms with Gasteiger partial charge in [-0.25, -0.2) is 0 Å². The van der Waals surface area contributed by atoms with Gasteiger partial charge >= 0.3 is 0 Å². The first-order valence-electron chi connectivity index (χ1n) is 5.04. The number of nitrogens with two attached hydrogens (primary N) is 1. The first kappa shape index (κ1) is 10.8. The van der Waals surface area contributed by atoms with Crippen LogP contribution in [0.1, 0.15) is 11.1 Å². The normalized spacial score (nSPS) is 10.8. The van der Waals surface area contributed by atoms with E-state index in [0.717, 1.165) is 16.8 Å². The molecule has 2 aromatic carbocycles. The van der Waals surface area contributed by atoms with Crippen LogP contribution < -0.4 is 5.73 Å². The quantitative estimate of drug-likeness (QED) is 0.609. The van der Waals surface area contributed by atoms with Crippen molar-refractivity contribution in [2.75, 3.05) is 5.73 Å². The van der Waals surface area contributed by atoms with Crippen molar-refractivity contribution in [3.8, 4) is 0 Å². The van der Waals surface area contributed by atoms with Gasteiger partial charge in [-0.05, 0) is 29.3 Å². The number of rotatable bonds is 2. The van der Waals surface area contributed by atoms with E-state index in [9.17, 15) is 0 Å². The Balaban J connectivity index is 2.27. The molecule has 0 aliphatic rings. The van der Waals surface area contributed by atoms with Gasteiger partial charge in [0.05, 0.1) is 0 Å². The summed E-state index contributed by atoms with van der Waals surface area (Å²) in [7, 11) is 0. The van der Waals surface area contributed by atoms with Gasteiger partial charge in [0.2, 0.25) is 0 Å². The van der Waals surface area contributed by atoms with Crippen molar-refractivity contribution in [2.24, 2.45) is 0 Å². The third-order valence-electron chi connectivity index (χ3n) is 2.27. The molecule has 0 fully saturated rings. The summed E-state index contributed by atoms with van der Waals surface area (Å²) in [4.78, 5) is 0. The van der Waals surface area contributed by atoms with E-state index in [1.165, 1.54) is 0 Å². The Morgan fingerprint density at radius 3 is 2.44 bits per heavy atom. The average Bonchev–Trinajstić information content (AvgIpc) is 2.32. The molecule has 0 bridgehead atoms. The maximum absolute atomic E-state index is 6.06. The van der Waals surface area contributed by atoms with Crippen LogP contribution in [-0.2, 0) is 0 Å². The highest BCUT2D eigenvalue weighted by Gasteiger charge is 1.96. The minimum absolute atomic E-state index is 0.710. The minimum atomic E-state index is 0.710. The largest absolute Gasteiger partial charge is 0.399 e. The molecule has 2 rings (SSSR count). The molecule has 0 saturated carbocycles. The molecule has 1 nitrogen and oxygen atoms in total. The summed E-state index contributed by atoms with van der Waals surface area (Å²) >= 11 is 6.06. The summed E-state index contributed by atoms with van der Waals surface area (Å²) in [5.41, 5.74) is 8.50. The molecular formula is C14H12ClN. The van der Waals surface area contributed by atoms with E-state index in [2.05, 4.69) is 0 Å². The third-order valence-corrected chi connectivity index (χ3v) is 2.62. The van der Waals surface area contributed by atoms with E-state index in [0.29, 0.717) is 5.02 Å². The molecule has 2 heteroatoms. The Bertz CT molecular complexity index is 503. The monoisotopic (exact) mass is 229 g/mol. The van der Waals surface area contributed by atoms with E-state index in [1.54, 1.807) is 6.07 Å². The van der Waals surface area contributed by atoms with Crippen LogP contribution in [-0.4, -0.2) is 0 Å². The average molecular weight is 230 g/mol. The molecule has 80 valence electrons. The smallest absolute Gasteiger partial charge is 0.0479 e. The van der Waals surface area contributed by atoms with Crippen molar-refractivity contribution in [3.63, 3.8) is 0 Å². The van der Waals surface area contributed by atoms with Crippen LogP contribution in [0.5, 0.6) is 0 Å². The fourth-order valence-corrected chi connectivity index (χ4v) is 1.62. The first-order valence-corrected chi connectivity index (χ1v) is 5.42. The molecule has 2 aromatic rings. The van der Waals surface area contributed by atoms with Crippen molar-refractivity contribution in [2.45, 2.75) is 0 Å². The lowest BCUT2D eigenvalue weighted by atomic mass is 10.1. The summed E-state index contributed by atoms with van der Waals surface area (Å²) in [6.45, 7) is 0. The molecule has 0 radical (unpaired) electrons. The number of halogens is 1. The van der Waals surface area contributed by atoms with Crippen molar-refractivity contribution >= 4 is 29.4 Å². The maximum atomic E-state index is 6.06. The van der Waals surface area contributed by atoms with E-state index < -0.39 is 0 Å². The molecular weight excluding hydrogens is 218 g/mol. The molecule has 2 N–H and O–H groups in total. The molecule has 0 atom stereocenters. The molecule has 0 saturated heterocycles. The van der Waals surface area contributed by atoms with Crippen LogP contribution in [0.3, 0.4) is 0 Å². The Kier molecular flexibility index (Phi) is 3.28. The summed E-state index contributed by atoms with van der Waals surface area (Å²) < 4.78 is 0. The summed E-state index contributed by atoms with van der Waals surface area (Å²) in [6.07, 6.45) is 3.98. The lowest BCUT2D eigenvalue weighted by molar-refractivity contribution is 1.63. The van der Waals surface area contributed by atoms with Crippen LogP contribution in [0.15, 0.2) is 48.5 Å². The Hall–Kier alpha value is -1.73. The number of hydrogen-bond donors (Lipinski definition) is 1. The minimum Gasteiger partial charge on any atom is -0.399 e. The number of nitrogen functional groups attached to an aromatic ring is 1. The molecule has 0 aromatic heterocycles. The van der Waals surface area contributed by atoms with Gasteiger partial charge in [0, 0.05) is 10.7 Å². The molecule has 0 aliphatic heterocycles. The van der Waals surface area contributed by atoms with Crippen molar-refractivity contribution < 1.29 is 0 Å². The van der Waals surface area contributed by atoms with E-state index in [1.807, 2.05) is 54.6 Å². The highest BCUT2D eigenvalue weighted by Crippen LogP contribution is 2.21. The van der Waals surface area contributed by atoms with Gasteiger partial charge in [-0.2, -0.15) is 0 Å². The highest BCUT2D eigenvalue weighted by atomic mass is 35.5. The Labute approximate surface area is 100 Å². The summed E-state index contributed by atoms with van der Waals surface area (Å²) in [5, 5.41) is 0.710. The molecule has 0 heterocycles. The second-order valence-electron chi connectivity index (χ2n) is 3.52. The lowest BCUT2D eigenvalue weighted by Gasteiger charge is -1.99. The van der Waals surface area contributed by atoms with Gasteiger partial charge in [-0.3, -0.25) is 0 Å². The van der Waals surface area contributed by atoms with E-state index in [4.69, 9.17) is 17.3 Å². The van der Waals surface area contributed by atoms with E-state index in [-0.39, 0.29) is 0 Å². The van der Waals surface area contributed by atoms with E-state index >= 15 is 0 Å². The summed E-state index contributed by atoms with van der Waals surface area (Å²) in [6, 6.07) is 15.5. The van der Waals surface area contributed by atoms with Crippen LogP contribution >= 0.6 is 11.6 Å². The first-order chi connectivity index (χ1) is 7.75. The van der Waals surface area contributed by atoms with Crippen LogP contribution in [0.2, 0.25) is 5.02 Å². The van der Waals surface area contributed by atoms with Gasteiger partial charge in [-0.1, -0.05) is 54.1 Å². The number of anilines is 1. The number of hydrogen-bond acceptors (Lipinski definition) is 1. The standard InChI is InChI=1S/C14H12ClN/c15-14-9-8-13(16)10-12(14)7-6-11-4-2-1-3-5-11/h1-10H,16H2/b7-6+. The number of benzene rings is 2. The second-order valence-corrected chi connectivity index (χ2v) is 3.93. The fraction of sp³-hybridized carbons (Fsp3) is 0. The molecule has 16 heavy (non-hydrogen) atoms. The fourth-order valence-electron chi connectivity index (χ4n) is 1.44. The van der Waals surface area contributed by atoms with Gasteiger partial charge in [0.15, 0.2) is 0 Å². The van der Waals surface area contributed by atoms with Crippen LogP contribution in [0.4, 0.5) is 5.69 Å². The van der Waals surface area contributed by atoms with Gasteiger partial charge in [0.25, 0.3) is 0 Å². The van der Waals surface area contributed by atoms with Gasteiger partial charge in [0.1, 0.15) is 0 Å². The van der Waals surface area contributed by atoms with Gasteiger partial charge < -0.3 is 5.73 Å². The predicted molar refractivity (Wildman–Crippen MR) is 71.2 cm³/mol. The molecule has 0 amide bonds. The topological polar surface area (TPSA) is 26.0 Å². The zero-order valence-corrected chi connectivity index (χ0v) is 9.48. The molecule has 0 aliphatic carbocycles. The highest BCUT2D eigenvalue weighted by molar-refractivity contribution is 6.32.